The quantitative estimate of drug-likeness (QED) is 0.353. The molecule has 1 aromatic heterocycles. The van der Waals surface area contributed by atoms with E-state index in [0.717, 1.165) is 18.5 Å². The van der Waals surface area contributed by atoms with Crippen LogP contribution in [0.3, 0.4) is 0 Å². The number of aromatic nitrogens is 2. The van der Waals surface area contributed by atoms with E-state index in [1.54, 1.807) is 6.20 Å². The molecule has 1 aliphatic rings. The van der Waals surface area contributed by atoms with Crippen LogP contribution >= 0.6 is 0 Å². The summed E-state index contributed by atoms with van der Waals surface area (Å²) < 4.78 is 5.60. The fraction of sp³-hybridized carbons (Fsp3) is 0.500. The summed E-state index contributed by atoms with van der Waals surface area (Å²) in [7, 11) is 0. The smallest absolute Gasteiger partial charge is 0.214 e. The van der Waals surface area contributed by atoms with Crippen LogP contribution in [0.5, 0.6) is 0 Å². The number of ether oxygens (including phenoxy) is 1. The maximum absolute atomic E-state index is 9.00. The molecule has 1 aliphatic heterocycles. The number of nitrogens with two attached hydrogens (primary N) is 2. The summed E-state index contributed by atoms with van der Waals surface area (Å²) >= 11 is 0. The van der Waals surface area contributed by atoms with Crippen LogP contribution in [0.1, 0.15) is 30.5 Å². The van der Waals surface area contributed by atoms with Gasteiger partial charge >= 0.3 is 0 Å². The Kier molecular flexibility index (Phi) is 3.58. The van der Waals surface area contributed by atoms with Crippen molar-refractivity contribution in [2.45, 2.75) is 25.0 Å². The second kappa shape index (κ2) is 5.15. The number of imidazole rings is 1. The van der Waals surface area contributed by atoms with E-state index in [1.165, 1.54) is 0 Å². The molecule has 2 rings (SSSR count). The first kappa shape index (κ1) is 12.5. The molecule has 8 nitrogen and oxygen atoms in total. The van der Waals surface area contributed by atoms with E-state index in [2.05, 4.69) is 15.0 Å². The van der Waals surface area contributed by atoms with Crippen molar-refractivity contribution in [1.29, 1.82) is 5.41 Å². The number of nitrogens with one attached hydrogen (secondary N) is 2. The van der Waals surface area contributed by atoms with E-state index in [0.29, 0.717) is 5.82 Å². The fourth-order valence-electron chi connectivity index (χ4n) is 1.88. The first-order chi connectivity index (χ1) is 8.60. The number of amidine groups is 1. The van der Waals surface area contributed by atoms with E-state index in [9.17, 15) is 0 Å². The van der Waals surface area contributed by atoms with Crippen LogP contribution in [-0.2, 0) is 4.74 Å². The molecule has 18 heavy (non-hydrogen) atoms. The summed E-state index contributed by atoms with van der Waals surface area (Å²) in [5.74, 6) is 0.0459. The predicted molar refractivity (Wildman–Crippen MR) is 65.2 cm³/mol. The SMILES string of the molecule is N=C(N)N=C(N)c1ncc([C@H]2CC[C@@H](CO)O2)[nH]1. The van der Waals surface area contributed by atoms with Gasteiger partial charge in [-0.15, -0.1) is 0 Å². The standard InChI is InChI=1S/C10H16N6O2/c11-8(16-10(12)13)9-14-3-6(15-9)7-2-1-5(4-17)18-7/h3,5,7,17H,1-2,4H2,(H,14,15)(H5,11,12,13,16)/t5-,7+/m0/s1. The molecule has 0 bridgehead atoms. The van der Waals surface area contributed by atoms with Crippen molar-refractivity contribution < 1.29 is 9.84 Å². The van der Waals surface area contributed by atoms with Crippen LogP contribution in [0.2, 0.25) is 0 Å². The van der Waals surface area contributed by atoms with E-state index in [1.807, 2.05) is 0 Å². The number of guanidine groups is 1. The summed E-state index contributed by atoms with van der Waals surface area (Å²) in [6.45, 7) is 0.0193. The first-order valence-electron chi connectivity index (χ1n) is 5.60. The van der Waals surface area contributed by atoms with Crippen LogP contribution in [-0.4, -0.2) is 39.6 Å². The van der Waals surface area contributed by atoms with Crippen molar-refractivity contribution in [3.63, 3.8) is 0 Å². The number of aromatic amines is 1. The average molecular weight is 252 g/mol. The van der Waals surface area contributed by atoms with Gasteiger partial charge in [0.15, 0.2) is 11.7 Å². The molecule has 1 saturated heterocycles. The molecule has 7 N–H and O–H groups in total. The number of nitrogens with zero attached hydrogens (tertiary/aromatic N) is 2. The van der Waals surface area contributed by atoms with Gasteiger partial charge in [0.25, 0.3) is 0 Å². The van der Waals surface area contributed by atoms with Crippen LogP contribution in [0, 0.1) is 5.41 Å². The van der Waals surface area contributed by atoms with Crippen LogP contribution in [0.15, 0.2) is 11.2 Å². The molecular formula is C10H16N6O2. The Morgan fingerprint density at radius 1 is 1.61 bits per heavy atom. The zero-order chi connectivity index (χ0) is 13.1. The summed E-state index contributed by atoms with van der Waals surface area (Å²) in [5.41, 5.74) is 11.5. The monoisotopic (exact) mass is 252 g/mol. The molecule has 0 radical (unpaired) electrons. The fourth-order valence-corrected chi connectivity index (χ4v) is 1.88. The van der Waals surface area contributed by atoms with Gasteiger partial charge in [-0.1, -0.05) is 0 Å². The molecular weight excluding hydrogens is 236 g/mol. The number of aliphatic hydroxyl groups excluding tert-OH is 1. The van der Waals surface area contributed by atoms with Gasteiger partial charge in [-0.25, -0.2) is 4.98 Å². The third-order valence-corrected chi connectivity index (χ3v) is 2.74. The highest BCUT2D eigenvalue weighted by atomic mass is 16.5. The number of rotatable bonds is 3. The molecule has 0 aliphatic carbocycles. The molecule has 2 atom stereocenters. The summed E-state index contributed by atoms with van der Waals surface area (Å²) in [6, 6.07) is 0. The summed E-state index contributed by atoms with van der Waals surface area (Å²) in [4.78, 5) is 10.6. The Morgan fingerprint density at radius 3 is 3.00 bits per heavy atom. The number of hydrogen-bond donors (Lipinski definition) is 5. The number of aliphatic hydroxyl groups is 1. The van der Waals surface area contributed by atoms with Crippen molar-refractivity contribution in [1.82, 2.24) is 9.97 Å². The van der Waals surface area contributed by atoms with Gasteiger partial charge in [-0.2, -0.15) is 4.99 Å². The highest BCUT2D eigenvalue weighted by Crippen LogP contribution is 2.31. The van der Waals surface area contributed by atoms with E-state index in [4.69, 9.17) is 26.7 Å². The van der Waals surface area contributed by atoms with E-state index < -0.39 is 0 Å². The minimum absolute atomic E-state index is 0.0193. The average Bonchev–Trinajstić information content (AvgIpc) is 2.96. The third-order valence-electron chi connectivity index (χ3n) is 2.74. The lowest BCUT2D eigenvalue weighted by atomic mass is 10.1. The van der Waals surface area contributed by atoms with Crippen LogP contribution in [0.25, 0.3) is 0 Å². The summed E-state index contributed by atoms with van der Waals surface area (Å²) in [5, 5.41) is 16.0. The molecule has 0 saturated carbocycles. The Labute approximate surface area is 104 Å². The maximum atomic E-state index is 9.00. The third kappa shape index (κ3) is 2.66. The molecule has 0 spiro atoms. The lowest BCUT2D eigenvalue weighted by Gasteiger charge is -2.09. The molecule has 1 aromatic rings. The number of hydrogen-bond acceptors (Lipinski definition) is 4. The topological polar surface area (TPSA) is 146 Å². The molecule has 0 amide bonds. The van der Waals surface area contributed by atoms with Crippen molar-refractivity contribution in [3.8, 4) is 0 Å². The predicted octanol–water partition coefficient (Wildman–Crippen LogP) is -0.779. The summed E-state index contributed by atoms with van der Waals surface area (Å²) in [6.07, 6.45) is 3.00. The van der Waals surface area contributed by atoms with E-state index in [-0.39, 0.29) is 30.6 Å². The first-order valence-corrected chi connectivity index (χ1v) is 5.60. The second-order valence-electron chi connectivity index (χ2n) is 4.08. The maximum Gasteiger partial charge on any atom is 0.214 e. The van der Waals surface area contributed by atoms with Gasteiger partial charge in [0.05, 0.1) is 30.7 Å². The zero-order valence-electron chi connectivity index (χ0n) is 9.76. The van der Waals surface area contributed by atoms with Crippen LogP contribution < -0.4 is 11.5 Å². The molecule has 8 heteroatoms. The van der Waals surface area contributed by atoms with E-state index >= 15 is 0 Å². The van der Waals surface area contributed by atoms with Crippen molar-refractivity contribution in [3.05, 3.63) is 17.7 Å². The Hall–Kier alpha value is -1.93. The minimum atomic E-state index is -0.372. The van der Waals surface area contributed by atoms with Gasteiger partial charge in [0, 0.05) is 0 Å². The van der Waals surface area contributed by atoms with Crippen LogP contribution in [0.4, 0.5) is 0 Å². The largest absolute Gasteiger partial charge is 0.394 e. The number of aliphatic imine (C=N–C) groups is 1. The lowest BCUT2D eigenvalue weighted by molar-refractivity contribution is 0.00939. The Bertz CT molecular complexity index is 469. The number of H-pyrrole nitrogens is 1. The normalized spacial score (nSPS) is 24.4. The molecule has 0 aromatic carbocycles. The molecule has 98 valence electrons. The van der Waals surface area contributed by atoms with Gasteiger partial charge in [0.1, 0.15) is 0 Å². The molecule has 0 unspecified atom stereocenters. The van der Waals surface area contributed by atoms with Crippen molar-refractivity contribution in [2.24, 2.45) is 16.5 Å². The van der Waals surface area contributed by atoms with Gasteiger partial charge in [0.2, 0.25) is 5.96 Å². The second-order valence-corrected chi connectivity index (χ2v) is 4.08. The highest BCUT2D eigenvalue weighted by Gasteiger charge is 2.27. The van der Waals surface area contributed by atoms with Gasteiger partial charge in [-0.3, -0.25) is 5.41 Å². The Balaban J connectivity index is 2.09. The molecule has 1 fully saturated rings. The zero-order valence-corrected chi connectivity index (χ0v) is 9.76. The lowest BCUT2D eigenvalue weighted by Crippen LogP contribution is -2.20. The minimum Gasteiger partial charge on any atom is -0.394 e. The highest BCUT2D eigenvalue weighted by molar-refractivity contribution is 6.01. The van der Waals surface area contributed by atoms with Gasteiger partial charge in [-0.05, 0) is 12.8 Å². The molecule has 2 heterocycles. The van der Waals surface area contributed by atoms with Crippen molar-refractivity contribution in [2.75, 3.05) is 6.61 Å². The Morgan fingerprint density at radius 2 is 2.39 bits per heavy atom. The van der Waals surface area contributed by atoms with Gasteiger partial charge < -0.3 is 26.3 Å². The van der Waals surface area contributed by atoms with Crippen molar-refractivity contribution >= 4 is 11.8 Å².